The first kappa shape index (κ1) is 27.2. The third-order valence-corrected chi connectivity index (χ3v) is 10.4. The van der Waals surface area contributed by atoms with Gasteiger partial charge in [-0.25, -0.2) is 0 Å². The van der Waals surface area contributed by atoms with E-state index in [2.05, 4.69) is 109 Å². The number of nitrogens with zero attached hydrogens (tertiary/aromatic N) is 2. The number of aryl methyl sites for hydroxylation is 2. The van der Waals surface area contributed by atoms with Gasteiger partial charge in [0.15, 0.2) is 0 Å². The minimum absolute atomic E-state index is 1.01. The van der Waals surface area contributed by atoms with E-state index in [0.717, 1.165) is 36.7 Å². The first-order valence-electron chi connectivity index (χ1n) is 16.9. The number of hydrogen-bond donors (Lipinski definition) is 0. The zero-order valence-corrected chi connectivity index (χ0v) is 26.1. The summed E-state index contributed by atoms with van der Waals surface area (Å²) in [6.45, 7) is 0. The standard InChI is InChI=1S/C44H36N2/c1-2-10-29(11-3-1)30-20-22-31(23-21-30)34-24-25-39-40(28-34)42(38-19-9-15-33-13-5-7-17-36(33)38)44-43(45-26-27-46-44)41(39)37-18-8-14-32-12-4-6-16-35(32)37/h1-3,8-11,14-15,18-28H,4-7,12-13,16-17H2. The summed E-state index contributed by atoms with van der Waals surface area (Å²) in [5.74, 6) is 0. The quantitative estimate of drug-likeness (QED) is 0.190. The van der Waals surface area contributed by atoms with Crippen molar-refractivity contribution in [3.05, 3.63) is 144 Å². The minimum Gasteiger partial charge on any atom is -0.252 e. The summed E-state index contributed by atoms with van der Waals surface area (Å²) in [5, 5.41) is 2.53. The zero-order chi connectivity index (χ0) is 30.5. The molecule has 46 heavy (non-hydrogen) atoms. The van der Waals surface area contributed by atoms with Gasteiger partial charge in [0, 0.05) is 23.5 Å². The minimum atomic E-state index is 1.01. The van der Waals surface area contributed by atoms with Crippen LogP contribution in [0.3, 0.4) is 0 Å². The maximum atomic E-state index is 5.14. The Labute approximate surface area is 270 Å². The van der Waals surface area contributed by atoms with Crippen molar-refractivity contribution in [1.82, 2.24) is 9.97 Å². The van der Waals surface area contributed by atoms with Gasteiger partial charge in [-0.1, -0.05) is 103 Å². The Hall–Kier alpha value is -5.08. The molecule has 2 heteroatoms. The van der Waals surface area contributed by atoms with Gasteiger partial charge in [0.05, 0.1) is 11.0 Å². The van der Waals surface area contributed by atoms with Crippen LogP contribution in [0.4, 0.5) is 0 Å². The Morgan fingerprint density at radius 2 is 0.891 bits per heavy atom. The molecule has 0 fully saturated rings. The monoisotopic (exact) mass is 592 g/mol. The van der Waals surface area contributed by atoms with Crippen LogP contribution in [0.1, 0.15) is 47.9 Å². The van der Waals surface area contributed by atoms with Gasteiger partial charge in [-0.05, 0) is 124 Å². The summed E-state index contributed by atoms with van der Waals surface area (Å²) in [4.78, 5) is 10.3. The number of hydrogen-bond acceptors (Lipinski definition) is 2. The van der Waals surface area contributed by atoms with Gasteiger partial charge < -0.3 is 0 Å². The average Bonchev–Trinajstić information content (AvgIpc) is 3.14. The first-order chi connectivity index (χ1) is 22.8. The smallest absolute Gasteiger partial charge is 0.0978 e. The Kier molecular flexibility index (Phi) is 6.74. The molecule has 0 aliphatic heterocycles. The normalized spacial score (nSPS) is 14.3. The van der Waals surface area contributed by atoms with Gasteiger partial charge >= 0.3 is 0 Å². The van der Waals surface area contributed by atoms with E-state index in [4.69, 9.17) is 9.97 Å². The summed E-state index contributed by atoms with van der Waals surface area (Å²) in [7, 11) is 0. The lowest BCUT2D eigenvalue weighted by molar-refractivity contribution is 0.687. The molecule has 9 rings (SSSR count). The van der Waals surface area contributed by atoms with E-state index < -0.39 is 0 Å². The van der Waals surface area contributed by atoms with E-state index >= 15 is 0 Å². The van der Waals surface area contributed by atoms with Crippen molar-refractivity contribution in [2.75, 3.05) is 0 Å². The summed E-state index contributed by atoms with van der Waals surface area (Å²) in [6.07, 6.45) is 13.3. The van der Waals surface area contributed by atoms with Gasteiger partial charge in [-0.3, -0.25) is 9.97 Å². The molecule has 2 aliphatic carbocycles. The van der Waals surface area contributed by atoms with E-state index in [1.54, 1.807) is 0 Å². The fourth-order valence-corrected chi connectivity index (χ4v) is 8.17. The van der Waals surface area contributed by atoms with Gasteiger partial charge in [0.2, 0.25) is 0 Å². The van der Waals surface area contributed by atoms with Crippen molar-refractivity contribution in [2.45, 2.75) is 51.4 Å². The molecule has 2 aliphatic rings. The highest BCUT2D eigenvalue weighted by Gasteiger charge is 2.25. The maximum absolute atomic E-state index is 5.14. The van der Waals surface area contributed by atoms with Crippen LogP contribution in [0.15, 0.2) is 122 Å². The van der Waals surface area contributed by atoms with Crippen LogP contribution >= 0.6 is 0 Å². The lowest BCUT2D eigenvalue weighted by Gasteiger charge is -2.24. The molecular formula is C44H36N2. The molecule has 0 saturated heterocycles. The van der Waals surface area contributed by atoms with Crippen LogP contribution in [-0.4, -0.2) is 9.97 Å². The predicted molar refractivity (Wildman–Crippen MR) is 192 cm³/mol. The predicted octanol–water partition coefficient (Wildman–Crippen LogP) is 11.2. The van der Waals surface area contributed by atoms with Gasteiger partial charge in [0.25, 0.3) is 0 Å². The molecule has 0 spiro atoms. The Morgan fingerprint density at radius 3 is 1.50 bits per heavy atom. The second-order valence-electron chi connectivity index (χ2n) is 13.0. The summed E-state index contributed by atoms with van der Waals surface area (Å²) in [6, 6.07) is 40.6. The molecule has 0 unspecified atom stereocenters. The molecular weight excluding hydrogens is 556 g/mol. The Bertz CT molecular complexity index is 2250. The maximum Gasteiger partial charge on any atom is 0.0978 e. The van der Waals surface area contributed by atoms with Crippen LogP contribution in [0, 0.1) is 0 Å². The second-order valence-corrected chi connectivity index (χ2v) is 13.0. The number of fused-ring (bicyclic) bond motifs is 4. The lowest BCUT2D eigenvalue weighted by atomic mass is 9.80. The number of benzene rings is 6. The highest BCUT2D eigenvalue weighted by molar-refractivity contribution is 6.20. The highest BCUT2D eigenvalue weighted by atomic mass is 14.8. The van der Waals surface area contributed by atoms with Crippen LogP contribution < -0.4 is 0 Å². The fraction of sp³-hybridized carbons (Fsp3) is 0.182. The molecule has 0 amide bonds. The Morgan fingerprint density at radius 1 is 0.391 bits per heavy atom. The van der Waals surface area contributed by atoms with Crippen molar-refractivity contribution < 1.29 is 0 Å². The van der Waals surface area contributed by atoms with Crippen molar-refractivity contribution >= 4 is 21.8 Å². The van der Waals surface area contributed by atoms with Gasteiger partial charge in [0.1, 0.15) is 0 Å². The molecule has 6 aromatic carbocycles. The van der Waals surface area contributed by atoms with Crippen molar-refractivity contribution in [3.8, 4) is 44.5 Å². The van der Waals surface area contributed by atoms with E-state index in [1.807, 2.05) is 12.4 Å². The van der Waals surface area contributed by atoms with Gasteiger partial charge in [-0.15, -0.1) is 0 Å². The average molecular weight is 593 g/mol. The molecule has 0 saturated carbocycles. The largest absolute Gasteiger partial charge is 0.252 e. The van der Waals surface area contributed by atoms with E-state index in [-0.39, 0.29) is 0 Å². The summed E-state index contributed by atoms with van der Waals surface area (Å²) < 4.78 is 0. The van der Waals surface area contributed by atoms with Crippen LogP contribution in [0.25, 0.3) is 66.3 Å². The molecule has 7 aromatic rings. The third kappa shape index (κ3) is 4.55. The van der Waals surface area contributed by atoms with Crippen molar-refractivity contribution in [2.24, 2.45) is 0 Å². The zero-order valence-electron chi connectivity index (χ0n) is 26.1. The number of aromatic nitrogens is 2. The van der Waals surface area contributed by atoms with Crippen LogP contribution in [0.5, 0.6) is 0 Å². The molecule has 0 radical (unpaired) electrons. The SMILES string of the molecule is c1ccc(-c2ccc(-c3ccc4c(-c5cccc6c5CCCC6)c5nccnc5c(-c5cccc6c5CCCC6)c4c3)cc2)cc1. The fourth-order valence-electron chi connectivity index (χ4n) is 8.17. The highest BCUT2D eigenvalue weighted by Crippen LogP contribution is 2.47. The van der Waals surface area contributed by atoms with Crippen molar-refractivity contribution in [1.29, 1.82) is 0 Å². The Balaban J connectivity index is 1.34. The first-order valence-corrected chi connectivity index (χ1v) is 16.9. The van der Waals surface area contributed by atoms with E-state index in [1.165, 1.54) is 103 Å². The van der Waals surface area contributed by atoms with Crippen LogP contribution in [0.2, 0.25) is 0 Å². The summed E-state index contributed by atoms with van der Waals surface area (Å²) >= 11 is 0. The van der Waals surface area contributed by atoms with E-state index in [0.29, 0.717) is 0 Å². The molecule has 222 valence electrons. The molecule has 0 bridgehead atoms. The van der Waals surface area contributed by atoms with Gasteiger partial charge in [-0.2, -0.15) is 0 Å². The third-order valence-electron chi connectivity index (χ3n) is 10.4. The van der Waals surface area contributed by atoms with Crippen molar-refractivity contribution in [3.63, 3.8) is 0 Å². The molecule has 2 nitrogen and oxygen atoms in total. The topological polar surface area (TPSA) is 25.8 Å². The summed E-state index contributed by atoms with van der Waals surface area (Å²) in [5.41, 5.74) is 18.0. The van der Waals surface area contributed by atoms with E-state index in [9.17, 15) is 0 Å². The van der Waals surface area contributed by atoms with Crippen LogP contribution in [-0.2, 0) is 25.7 Å². The molecule has 1 heterocycles. The molecule has 0 N–H and O–H groups in total. The number of rotatable bonds is 4. The lowest BCUT2D eigenvalue weighted by Crippen LogP contribution is -2.06. The second kappa shape index (κ2) is 11.4. The molecule has 0 atom stereocenters. The molecule has 1 aromatic heterocycles.